The van der Waals surface area contributed by atoms with Crippen molar-refractivity contribution < 1.29 is 28.6 Å². The van der Waals surface area contributed by atoms with Crippen molar-refractivity contribution in [3.05, 3.63) is 34.1 Å². The number of carboxylic acids is 1. The molecule has 6 nitrogen and oxygen atoms in total. The third kappa shape index (κ3) is 5.14. The van der Waals surface area contributed by atoms with Crippen LogP contribution in [0.2, 0.25) is 0 Å². The summed E-state index contributed by atoms with van der Waals surface area (Å²) in [4.78, 5) is 33.9. The lowest BCUT2D eigenvalue weighted by atomic mass is 10.1. The van der Waals surface area contributed by atoms with E-state index >= 15 is 0 Å². The zero-order valence-corrected chi connectivity index (χ0v) is 12.6. The number of esters is 1. The number of halogens is 2. The smallest absolute Gasteiger partial charge is 0.326 e. The summed E-state index contributed by atoms with van der Waals surface area (Å²) in [5.74, 6) is -3.24. The van der Waals surface area contributed by atoms with E-state index in [0.717, 1.165) is 6.07 Å². The number of carbonyl (C=O) groups excluding carboxylic acids is 2. The second-order valence-electron chi connectivity index (χ2n) is 4.11. The molecule has 0 aromatic heterocycles. The van der Waals surface area contributed by atoms with Gasteiger partial charge in [-0.25, -0.2) is 9.18 Å². The predicted molar refractivity (Wildman–Crippen MR) is 74.2 cm³/mol. The summed E-state index contributed by atoms with van der Waals surface area (Å²) >= 11 is 2.95. The molecule has 0 bridgehead atoms. The van der Waals surface area contributed by atoms with Gasteiger partial charge in [-0.05, 0) is 40.5 Å². The van der Waals surface area contributed by atoms with E-state index in [0.29, 0.717) is 0 Å². The van der Waals surface area contributed by atoms with Gasteiger partial charge in [0.15, 0.2) is 0 Å². The molecule has 1 atom stereocenters. The minimum atomic E-state index is -1.29. The Morgan fingerprint density at radius 1 is 1.43 bits per heavy atom. The molecule has 0 saturated carbocycles. The second kappa shape index (κ2) is 7.72. The molecule has 1 rings (SSSR count). The fraction of sp³-hybridized carbons (Fsp3) is 0.308. The normalized spacial score (nSPS) is 11.6. The van der Waals surface area contributed by atoms with Gasteiger partial charge in [-0.3, -0.25) is 9.59 Å². The molecule has 0 aliphatic carbocycles. The molecule has 21 heavy (non-hydrogen) atoms. The number of rotatable bonds is 6. The maximum atomic E-state index is 13.3. The van der Waals surface area contributed by atoms with Gasteiger partial charge in [-0.1, -0.05) is 0 Å². The van der Waals surface area contributed by atoms with Crippen LogP contribution in [-0.2, 0) is 14.3 Å². The lowest BCUT2D eigenvalue weighted by Crippen LogP contribution is -2.41. The maximum Gasteiger partial charge on any atom is 0.326 e. The molecule has 8 heteroatoms. The van der Waals surface area contributed by atoms with Crippen LogP contribution in [0.15, 0.2) is 22.7 Å². The standard InChI is InChI=1S/C13H13BrFNO5/c1-21-11(17)5-4-10(13(19)20)16-12(18)7-2-3-8(14)9(15)6-7/h2-3,6,10H,4-5H2,1H3,(H,16,18)(H,19,20). The molecular weight excluding hydrogens is 349 g/mol. The van der Waals surface area contributed by atoms with E-state index < -0.39 is 29.7 Å². The minimum absolute atomic E-state index is 0.0139. The van der Waals surface area contributed by atoms with Crippen molar-refractivity contribution in [3.63, 3.8) is 0 Å². The third-order valence-corrected chi connectivity index (χ3v) is 3.29. The van der Waals surface area contributed by atoms with Crippen molar-refractivity contribution in [2.75, 3.05) is 7.11 Å². The van der Waals surface area contributed by atoms with Crippen LogP contribution in [-0.4, -0.2) is 36.1 Å². The zero-order valence-electron chi connectivity index (χ0n) is 11.1. The van der Waals surface area contributed by atoms with Gasteiger partial charge < -0.3 is 15.2 Å². The molecule has 1 amide bonds. The highest BCUT2D eigenvalue weighted by molar-refractivity contribution is 9.10. The van der Waals surface area contributed by atoms with Gasteiger partial charge in [0.2, 0.25) is 0 Å². The summed E-state index contributed by atoms with van der Waals surface area (Å²) in [6.45, 7) is 0. The molecule has 0 aliphatic heterocycles. The Morgan fingerprint density at radius 3 is 2.62 bits per heavy atom. The van der Waals surface area contributed by atoms with Crippen molar-refractivity contribution >= 4 is 33.8 Å². The zero-order chi connectivity index (χ0) is 16.0. The Morgan fingerprint density at radius 2 is 2.10 bits per heavy atom. The molecule has 0 saturated heterocycles. The monoisotopic (exact) mass is 361 g/mol. The molecule has 0 fully saturated rings. The first-order valence-electron chi connectivity index (χ1n) is 5.90. The molecule has 0 radical (unpaired) electrons. The van der Waals surface area contributed by atoms with Crippen LogP contribution in [0.25, 0.3) is 0 Å². The SMILES string of the molecule is COC(=O)CCC(NC(=O)c1ccc(Br)c(F)c1)C(=O)O. The van der Waals surface area contributed by atoms with Gasteiger partial charge in [0, 0.05) is 12.0 Å². The van der Waals surface area contributed by atoms with Crippen LogP contribution in [0.5, 0.6) is 0 Å². The molecule has 0 aliphatic rings. The largest absolute Gasteiger partial charge is 0.480 e. The first-order chi connectivity index (χ1) is 9.85. The van der Waals surface area contributed by atoms with Crippen LogP contribution in [0.1, 0.15) is 23.2 Å². The molecular formula is C13H13BrFNO5. The number of hydrogen-bond donors (Lipinski definition) is 2. The molecule has 0 heterocycles. The first-order valence-corrected chi connectivity index (χ1v) is 6.70. The number of nitrogens with one attached hydrogen (secondary N) is 1. The van der Waals surface area contributed by atoms with Gasteiger partial charge in [0.1, 0.15) is 11.9 Å². The third-order valence-electron chi connectivity index (χ3n) is 2.65. The van der Waals surface area contributed by atoms with Crippen LogP contribution in [0.4, 0.5) is 4.39 Å². The van der Waals surface area contributed by atoms with Gasteiger partial charge in [0.05, 0.1) is 11.6 Å². The Bertz CT molecular complexity index is 563. The minimum Gasteiger partial charge on any atom is -0.480 e. The van der Waals surface area contributed by atoms with Crippen molar-refractivity contribution in [3.8, 4) is 0 Å². The molecule has 0 spiro atoms. The Balaban J connectivity index is 2.74. The maximum absolute atomic E-state index is 13.3. The number of benzene rings is 1. The van der Waals surface area contributed by atoms with E-state index in [4.69, 9.17) is 5.11 Å². The predicted octanol–water partition coefficient (Wildman–Crippen LogP) is 1.72. The number of aliphatic carboxylic acids is 1. The van der Waals surface area contributed by atoms with Crippen LogP contribution in [0.3, 0.4) is 0 Å². The number of carbonyl (C=O) groups is 3. The van der Waals surface area contributed by atoms with Crippen molar-refractivity contribution in [1.29, 1.82) is 0 Å². The fourth-order valence-corrected chi connectivity index (χ4v) is 1.75. The highest BCUT2D eigenvalue weighted by Crippen LogP contribution is 2.16. The summed E-state index contributed by atoms with van der Waals surface area (Å²) < 4.78 is 17.9. The summed E-state index contributed by atoms with van der Waals surface area (Å²) in [6, 6.07) is 2.41. The highest BCUT2D eigenvalue weighted by atomic mass is 79.9. The van der Waals surface area contributed by atoms with E-state index in [9.17, 15) is 18.8 Å². The number of ether oxygens (including phenoxy) is 1. The van der Waals surface area contributed by atoms with Gasteiger partial charge in [-0.15, -0.1) is 0 Å². The van der Waals surface area contributed by atoms with Crippen molar-refractivity contribution in [2.24, 2.45) is 0 Å². The number of carboxylic acid groups (broad SMARTS) is 1. The molecule has 1 unspecified atom stereocenters. The van der Waals surface area contributed by atoms with E-state index in [1.165, 1.54) is 19.2 Å². The average molecular weight is 362 g/mol. The lowest BCUT2D eigenvalue weighted by molar-refractivity contribution is -0.142. The van der Waals surface area contributed by atoms with E-state index in [2.05, 4.69) is 26.0 Å². The summed E-state index contributed by atoms with van der Waals surface area (Å²) in [5, 5.41) is 11.2. The Labute approximate surface area is 128 Å². The summed E-state index contributed by atoms with van der Waals surface area (Å²) in [6.07, 6.45) is -0.269. The van der Waals surface area contributed by atoms with Crippen LogP contribution in [0, 0.1) is 5.82 Å². The Hall–Kier alpha value is -1.96. The van der Waals surface area contributed by atoms with Crippen molar-refractivity contribution in [1.82, 2.24) is 5.32 Å². The molecule has 1 aromatic carbocycles. The summed E-state index contributed by atoms with van der Waals surface area (Å²) in [5.41, 5.74) is -0.0139. The van der Waals surface area contributed by atoms with Gasteiger partial charge in [0.25, 0.3) is 5.91 Å². The topological polar surface area (TPSA) is 92.7 Å². The van der Waals surface area contributed by atoms with Gasteiger partial charge >= 0.3 is 11.9 Å². The molecule has 114 valence electrons. The highest BCUT2D eigenvalue weighted by Gasteiger charge is 2.22. The Kier molecular flexibility index (Phi) is 6.29. The van der Waals surface area contributed by atoms with Crippen molar-refractivity contribution in [2.45, 2.75) is 18.9 Å². The lowest BCUT2D eigenvalue weighted by Gasteiger charge is -2.14. The van der Waals surface area contributed by atoms with Gasteiger partial charge in [-0.2, -0.15) is 0 Å². The second-order valence-corrected chi connectivity index (χ2v) is 4.96. The fourth-order valence-electron chi connectivity index (χ4n) is 1.50. The van der Waals surface area contributed by atoms with Crippen LogP contribution >= 0.6 is 15.9 Å². The van der Waals surface area contributed by atoms with Crippen LogP contribution < -0.4 is 5.32 Å². The average Bonchev–Trinajstić information content (AvgIpc) is 2.45. The first kappa shape index (κ1) is 17.1. The number of amides is 1. The van der Waals surface area contributed by atoms with E-state index in [1.807, 2.05) is 0 Å². The molecule has 2 N–H and O–H groups in total. The van der Waals surface area contributed by atoms with E-state index in [1.54, 1.807) is 0 Å². The number of hydrogen-bond acceptors (Lipinski definition) is 4. The molecule has 1 aromatic rings. The quantitative estimate of drug-likeness (QED) is 0.752. The van der Waals surface area contributed by atoms with E-state index in [-0.39, 0.29) is 22.9 Å². The summed E-state index contributed by atoms with van der Waals surface area (Å²) in [7, 11) is 1.18. The number of methoxy groups -OCH3 is 1.